The monoisotopic (exact) mass is 314 g/mol. The third kappa shape index (κ3) is 1.98. The first-order valence-electron chi connectivity index (χ1n) is 6.51. The third-order valence-electron chi connectivity index (χ3n) is 3.21. The van der Waals surface area contributed by atoms with Crippen molar-refractivity contribution in [3.8, 4) is 11.6 Å². The topological polar surface area (TPSA) is 96.0 Å². The van der Waals surface area contributed by atoms with Crippen LogP contribution in [0.1, 0.15) is 11.5 Å². The number of aromatic nitrogens is 5. The lowest BCUT2D eigenvalue weighted by atomic mass is 10.2. The van der Waals surface area contributed by atoms with Gasteiger partial charge in [-0.3, -0.25) is 0 Å². The van der Waals surface area contributed by atoms with E-state index >= 15 is 0 Å². The Labute approximate surface area is 129 Å². The molecule has 1 aromatic carbocycles. The molecular weight excluding hydrogens is 304 g/mol. The summed E-state index contributed by atoms with van der Waals surface area (Å²) in [7, 11) is 0. The zero-order chi connectivity index (χ0) is 15.1. The van der Waals surface area contributed by atoms with Crippen LogP contribution in [0.3, 0.4) is 0 Å². The molecule has 9 heteroatoms. The first-order valence-corrected chi connectivity index (χ1v) is 7.50. The summed E-state index contributed by atoms with van der Waals surface area (Å²) in [6, 6.07) is 9.31. The fourth-order valence-electron chi connectivity index (χ4n) is 2.18. The first kappa shape index (κ1) is 13.0. The lowest BCUT2D eigenvalue weighted by Gasteiger charge is -2.10. The van der Waals surface area contributed by atoms with E-state index in [0.717, 1.165) is 5.69 Å². The van der Waals surface area contributed by atoms with Gasteiger partial charge in [0.05, 0.1) is 11.0 Å². The normalized spacial score (nSPS) is 13.8. The van der Waals surface area contributed by atoms with Crippen molar-refractivity contribution in [2.45, 2.75) is 12.1 Å². The Bertz CT molecular complexity index is 870. The molecule has 110 valence electrons. The highest BCUT2D eigenvalue weighted by atomic mass is 32.2. The van der Waals surface area contributed by atoms with Crippen molar-refractivity contribution in [2.75, 3.05) is 5.75 Å². The van der Waals surface area contributed by atoms with Gasteiger partial charge in [-0.25, -0.2) is 0 Å². The van der Waals surface area contributed by atoms with Gasteiger partial charge in [0.1, 0.15) is 5.71 Å². The molecule has 8 nitrogen and oxygen atoms in total. The van der Waals surface area contributed by atoms with Gasteiger partial charge in [-0.1, -0.05) is 30.0 Å². The highest BCUT2D eigenvalue weighted by molar-refractivity contribution is 7.99. The maximum absolute atomic E-state index is 12.1. The highest BCUT2D eigenvalue weighted by Gasteiger charge is 2.29. The van der Waals surface area contributed by atoms with Gasteiger partial charge in [0, 0.05) is 12.1 Å². The predicted octanol–water partition coefficient (Wildman–Crippen LogP) is 0.283. The van der Waals surface area contributed by atoms with E-state index in [1.165, 1.54) is 16.4 Å². The Kier molecular flexibility index (Phi) is 2.93. The van der Waals surface area contributed by atoms with Crippen molar-refractivity contribution in [3.63, 3.8) is 0 Å². The zero-order valence-corrected chi connectivity index (χ0v) is 12.3. The fourth-order valence-corrected chi connectivity index (χ4v) is 3.03. The van der Waals surface area contributed by atoms with Crippen molar-refractivity contribution >= 4 is 17.5 Å². The molecule has 0 spiro atoms. The van der Waals surface area contributed by atoms with Crippen molar-refractivity contribution < 1.29 is 14.3 Å². The van der Waals surface area contributed by atoms with Crippen molar-refractivity contribution in [1.29, 1.82) is 0 Å². The number of benzene rings is 1. The van der Waals surface area contributed by atoms with Crippen LogP contribution in [0, 0.1) is 6.92 Å². The average Bonchev–Trinajstić information content (AvgIpc) is 3.11. The van der Waals surface area contributed by atoms with Crippen LogP contribution < -0.4 is 9.79 Å². The van der Waals surface area contributed by atoms with E-state index in [9.17, 15) is 5.11 Å². The highest BCUT2D eigenvalue weighted by Crippen LogP contribution is 2.25. The SMILES string of the molecule is Cc1nnc2n1N=C(c1c([O-])on[n+]1-c1ccccc1)CS2. The number of nitrogens with zero attached hydrogens (tertiary/aromatic N) is 6. The fraction of sp³-hybridized carbons (Fsp3) is 0.154. The summed E-state index contributed by atoms with van der Waals surface area (Å²) in [5.41, 5.74) is 1.63. The Morgan fingerprint density at radius 2 is 2.09 bits per heavy atom. The molecular formula is C13H10N6O2S. The summed E-state index contributed by atoms with van der Waals surface area (Å²) in [6.07, 6.45) is 0. The second kappa shape index (κ2) is 4.95. The maximum Gasteiger partial charge on any atom is 0.287 e. The van der Waals surface area contributed by atoms with Crippen LogP contribution in [0.2, 0.25) is 0 Å². The van der Waals surface area contributed by atoms with Gasteiger partial charge in [-0.05, 0) is 11.6 Å². The molecule has 0 amide bonds. The Balaban J connectivity index is 1.86. The number of fused-ring (bicyclic) bond motifs is 1. The minimum Gasteiger partial charge on any atom is -0.539 e. The number of para-hydroxylation sites is 1. The molecule has 1 aliphatic rings. The molecule has 0 saturated heterocycles. The van der Waals surface area contributed by atoms with Crippen LogP contribution in [0.5, 0.6) is 5.95 Å². The summed E-state index contributed by atoms with van der Waals surface area (Å²) >= 11 is 1.47. The molecule has 22 heavy (non-hydrogen) atoms. The number of hydrogen-bond donors (Lipinski definition) is 0. The van der Waals surface area contributed by atoms with Crippen LogP contribution in [0.25, 0.3) is 5.69 Å². The molecule has 0 bridgehead atoms. The van der Waals surface area contributed by atoms with Crippen molar-refractivity contribution in [1.82, 2.24) is 20.1 Å². The molecule has 0 aliphatic carbocycles. The third-order valence-corrected chi connectivity index (χ3v) is 4.14. The van der Waals surface area contributed by atoms with E-state index in [-0.39, 0.29) is 0 Å². The van der Waals surface area contributed by atoms with Crippen LogP contribution in [-0.4, -0.2) is 31.6 Å². The van der Waals surface area contributed by atoms with Crippen LogP contribution >= 0.6 is 11.8 Å². The van der Waals surface area contributed by atoms with Crippen molar-refractivity contribution in [3.05, 3.63) is 41.9 Å². The molecule has 3 heterocycles. The molecule has 0 N–H and O–H groups in total. The van der Waals surface area contributed by atoms with E-state index in [1.807, 2.05) is 30.3 Å². The summed E-state index contributed by atoms with van der Waals surface area (Å²) in [5.74, 6) is 0.647. The largest absolute Gasteiger partial charge is 0.539 e. The lowest BCUT2D eigenvalue weighted by molar-refractivity contribution is -0.671. The molecule has 0 atom stereocenters. The predicted molar refractivity (Wildman–Crippen MR) is 74.9 cm³/mol. The Morgan fingerprint density at radius 3 is 2.91 bits per heavy atom. The van der Waals surface area contributed by atoms with Gasteiger partial charge in [-0.15, -0.1) is 10.2 Å². The minimum atomic E-state index is -0.516. The maximum atomic E-state index is 12.1. The molecule has 0 fully saturated rings. The van der Waals surface area contributed by atoms with Gasteiger partial charge in [0.2, 0.25) is 10.8 Å². The van der Waals surface area contributed by atoms with Gasteiger partial charge >= 0.3 is 0 Å². The summed E-state index contributed by atoms with van der Waals surface area (Å²) in [6.45, 7) is 1.81. The zero-order valence-electron chi connectivity index (χ0n) is 11.5. The van der Waals surface area contributed by atoms with Crippen LogP contribution in [-0.2, 0) is 0 Å². The van der Waals surface area contributed by atoms with Gasteiger partial charge in [-0.2, -0.15) is 9.78 Å². The summed E-state index contributed by atoms with van der Waals surface area (Å²) < 4.78 is 7.91. The van der Waals surface area contributed by atoms with E-state index in [0.29, 0.717) is 28.1 Å². The van der Waals surface area contributed by atoms with E-state index in [1.54, 1.807) is 11.6 Å². The molecule has 3 aromatic rings. The van der Waals surface area contributed by atoms with Crippen LogP contribution in [0.15, 0.2) is 45.1 Å². The number of aryl methyl sites for hydroxylation is 1. The van der Waals surface area contributed by atoms with Gasteiger partial charge < -0.3 is 9.63 Å². The summed E-state index contributed by atoms with van der Waals surface area (Å²) in [4.78, 5) is 0. The second-order valence-corrected chi connectivity index (χ2v) is 5.58. The smallest absolute Gasteiger partial charge is 0.287 e. The van der Waals surface area contributed by atoms with Gasteiger partial charge in [0.25, 0.3) is 5.69 Å². The molecule has 0 unspecified atom stereocenters. The minimum absolute atomic E-state index is 0.317. The lowest BCUT2D eigenvalue weighted by Crippen LogP contribution is -2.40. The molecule has 0 radical (unpaired) electrons. The number of rotatable bonds is 2. The molecule has 1 aliphatic heterocycles. The Morgan fingerprint density at radius 1 is 1.27 bits per heavy atom. The standard InChI is InChI=1S/C13H10N6O2S/c1-8-14-15-13-18(8)16-10(7-22-13)11-12(20)21-17-19(11)9-5-3-2-4-6-9/h2-6H,7H2,1H3. The summed E-state index contributed by atoms with van der Waals surface area (Å²) in [5, 5.41) is 29.1. The van der Waals surface area contributed by atoms with Gasteiger partial charge in [0.15, 0.2) is 11.8 Å². The molecule has 2 aromatic heterocycles. The number of hydrogen-bond acceptors (Lipinski definition) is 7. The average molecular weight is 314 g/mol. The second-order valence-electron chi connectivity index (χ2n) is 4.63. The first-order chi connectivity index (χ1) is 10.7. The van der Waals surface area contributed by atoms with Crippen LogP contribution in [0.4, 0.5) is 0 Å². The van der Waals surface area contributed by atoms with E-state index in [2.05, 4.69) is 20.6 Å². The van der Waals surface area contributed by atoms with E-state index < -0.39 is 5.95 Å². The Hall–Kier alpha value is -2.68. The molecule has 0 saturated carbocycles. The van der Waals surface area contributed by atoms with Crippen molar-refractivity contribution in [2.24, 2.45) is 5.10 Å². The van der Waals surface area contributed by atoms with E-state index in [4.69, 9.17) is 4.52 Å². The number of thioether (sulfide) groups is 1. The quantitative estimate of drug-likeness (QED) is 0.631. The molecule has 4 rings (SSSR count).